The number of hydrogen-bond acceptors (Lipinski definition) is 6. The molecule has 4 rings (SSSR count). The maximum atomic E-state index is 12.0. The first-order valence-corrected chi connectivity index (χ1v) is 18.7. The van der Waals surface area contributed by atoms with E-state index < -0.39 is 14.2 Å². The first-order chi connectivity index (χ1) is 19.8. The minimum absolute atomic E-state index is 0.0939. The monoisotopic (exact) mass is 596 g/mol. The van der Waals surface area contributed by atoms with Crippen LogP contribution in [0.5, 0.6) is 11.5 Å². The van der Waals surface area contributed by atoms with Gasteiger partial charge in [-0.05, 0) is 60.6 Å². The summed E-state index contributed by atoms with van der Waals surface area (Å²) in [4.78, 5) is 13.6. The summed E-state index contributed by atoms with van der Waals surface area (Å²) in [6.07, 6.45) is 1.40. The average molecular weight is 597 g/mol. The topological polar surface area (TPSA) is 98.9 Å². The normalized spacial score (nSPS) is 18.0. The van der Waals surface area contributed by atoms with Gasteiger partial charge in [-0.3, -0.25) is 4.57 Å². The van der Waals surface area contributed by atoms with Crippen molar-refractivity contribution in [2.75, 3.05) is 27.4 Å². The first kappa shape index (κ1) is 31.8. The summed E-state index contributed by atoms with van der Waals surface area (Å²) < 4.78 is 19.6. The number of rotatable bonds is 10. The lowest BCUT2D eigenvalue weighted by Crippen LogP contribution is -2.51. The van der Waals surface area contributed by atoms with Crippen LogP contribution in [0.1, 0.15) is 57.7 Å². The third kappa shape index (κ3) is 6.75. The number of methoxy groups -OCH3 is 2. The Balaban J connectivity index is 1.80. The van der Waals surface area contributed by atoms with Gasteiger partial charge in [-0.2, -0.15) is 5.10 Å². The van der Waals surface area contributed by atoms with Crippen molar-refractivity contribution >= 4 is 25.2 Å². The molecule has 1 aliphatic heterocycles. The standard InChI is InChI=1S/C32H48N4O5Si/c1-10-23-24-19-25(21-13-14-35(31(37)38)28(18-21)32(2,3)4)33-34-30(24)36(20-41-15-16-42(7,8)9)29(23)22-11-12-26(39-5)27(17-22)40-6/h11-12,17,19,21,28H,10,13-16,18,20H2,1-9H3,(H,37,38). The third-order valence-electron chi connectivity index (χ3n) is 8.42. The summed E-state index contributed by atoms with van der Waals surface area (Å²) in [5.41, 5.74) is 4.76. The second-order valence-electron chi connectivity index (χ2n) is 13.6. The molecule has 0 aliphatic carbocycles. The molecule has 2 atom stereocenters. The molecule has 0 spiro atoms. The highest BCUT2D eigenvalue weighted by molar-refractivity contribution is 6.76. The predicted molar refractivity (Wildman–Crippen MR) is 169 cm³/mol. The van der Waals surface area contributed by atoms with Crippen molar-refractivity contribution in [1.82, 2.24) is 19.7 Å². The van der Waals surface area contributed by atoms with Crippen molar-refractivity contribution in [3.8, 4) is 22.8 Å². The smallest absolute Gasteiger partial charge is 0.407 e. The molecule has 1 amide bonds. The first-order valence-electron chi connectivity index (χ1n) is 15.0. The van der Waals surface area contributed by atoms with Crippen molar-refractivity contribution in [2.24, 2.45) is 5.41 Å². The van der Waals surface area contributed by atoms with E-state index in [1.165, 1.54) is 5.56 Å². The summed E-state index contributed by atoms with van der Waals surface area (Å²) >= 11 is 0. The van der Waals surface area contributed by atoms with Crippen molar-refractivity contribution in [3.05, 3.63) is 35.5 Å². The van der Waals surface area contributed by atoms with Gasteiger partial charge in [0.15, 0.2) is 17.1 Å². The van der Waals surface area contributed by atoms with E-state index in [4.69, 9.17) is 24.4 Å². The Morgan fingerprint density at radius 3 is 2.40 bits per heavy atom. The second kappa shape index (κ2) is 12.6. The Labute approximate surface area is 251 Å². The lowest BCUT2D eigenvalue weighted by atomic mass is 9.76. The molecule has 1 fully saturated rings. The SMILES string of the molecule is CCc1c(-c2ccc(OC)c(OC)c2)n(COCC[Si](C)(C)C)c2nnc(C3CCN(C(=O)O)C(C(C)(C)C)C3)cc12. The summed E-state index contributed by atoms with van der Waals surface area (Å²) in [7, 11) is 2.05. The summed E-state index contributed by atoms with van der Waals surface area (Å²) in [5.74, 6) is 1.47. The molecular weight excluding hydrogens is 548 g/mol. The van der Waals surface area contributed by atoms with Gasteiger partial charge in [0.25, 0.3) is 0 Å². The van der Waals surface area contributed by atoms with Crippen molar-refractivity contribution in [1.29, 1.82) is 0 Å². The Morgan fingerprint density at radius 2 is 1.81 bits per heavy atom. The fraction of sp³-hybridized carbons (Fsp3) is 0.594. The van der Waals surface area contributed by atoms with E-state index in [1.54, 1.807) is 19.1 Å². The summed E-state index contributed by atoms with van der Waals surface area (Å²) in [5, 5.41) is 20.5. The number of carbonyl (C=O) groups is 1. The van der Waals surface area contributed by atoms with Gasteiger partial charge < -0.3 is 24.2 Å². The number of nitrogens with zero attached hydrogens (tertiary/aromatic N) is 4. The van der Waals surface area contributed by atoms with E-state index in [-0.39, 0.29) is 17.4 Å². The highest BCUT2D eigenvalue weighted by atomic mass is 28.3. The number of amides is 1. The van der Waals surface area contributed by atoms with Gasteiger partial charge in [0.2, 0.25) is 0 Å². The molecule has 1 saturated heterocycles. The Bertz CT molecular complexity index is 1410. The number of piperidine rings is 1. The third-order valence-corrected chi connectivity index (χ3v) is 10.1. The van der Waals surface area contributed by atoms with Crippen LogP contribution in [0.15, 0.2) is 24.3 Å². The Hall–Kier alpha value is -3.11. The van der Waals surface area contributed by atoms with Gasteiger partial charge in [-0.1, -0.05) is 47.3 Å². The molecule has 2 aromatic heterocycles. The largest absolute Gasteiger partial charge is 0.493 e. The number of ether oxygens (including phenoxy) is 3. The van der Waals surface area contributed by atoms with Crippen molar-refractivity contribution in [2.45, 2.75) is 91.3 Å². The number of fused-ring (bicyclic) bond motifs is 1. The molecule has 0 radical (unpaired) electrons. The van der Waals surface area contributed by atoms with E-state index in [0.29, 0.717) is 31.4 Å². The molecule has 2 unspecified atom stereocenters. The van der Waals surface area contributed by atoms with Crippen LogP contribution in [0.25, 0.3) is 22.3 Å². The Kier molecular flexibility index (Phi) is 9.57. The quantitative estimate of drug-likeness (QED) is 0.194. The van der Waals surface area contributed by atoms with Crippen LogP contribution in [-0.4, -0.2) is 72.4 Å². The minimum Gasteiger partial charge on any atom is -0.493 e. The number of carboxylic acid groups (broad SMARTS) is 1. The van der Waals surface area contributed by atoms with E-state index in [0.717, 1.165) is 53.3 Å². The summed E-state index contributed by atoms with van der Waals surface area (Å²) in [6.45, 7) is 17.1. The van der Waals surface area contributed by atoms with Gasteiger partial charge in [0, 0.05) is 44.1 Å². The highest BCUT2D eigenvalue weighted by Gasteiger charge is 2.39. The summed E-state index contributed by atoms with van der Waals surface area (Å²) in [6, 6.07) is 9.17. The predicted octanol–water partition coefficient (Wildman–Crippen LogP) is 7.26. The van der Waals surface area contributed by atoms with E-state index in [9.17, 15) is 9.90 Å². The zero-order valence-corrected chi connectivity index (χ0v) is 27.8. The van der Waals surface area contributed by atoms with Crippen LogP contribution in [0.3, 0.4) is 0 Å². The fourth-order valence-electron chi connectivity index (χ4n) is 6.03. The molecule has 1 aliphatic rings. The molecule has 3 aromatic rings. The van der Waals surface area contributed by atoms with Crippen LogP contribution in [0.2, 0.25) is 25.7 Å². The number of hydrogen-bond donors (Lipinski definition) is 1. The molecule has 0 bridgehead atoms. The van der Waals surface area contributed by atoms with E-state index in [1.807, 2.05) is 12.1 Å². The highest BCUT2D eigenvalue weighted by Crippen LogP contribution is 2.41. The van der Waals surface area contributed by atoms with Gasteiger partial charge in [0.05, 0.1) is 25.6 Å². The van der Waals surface area contributed by atoms with Crippen LogP contribution in [-0.2, 0) is 17.9 Å². The molecule has 0 saturated carbocycles. The molecule has 42 heavy (non-hydrogen) atoms. The molecule has 3 heterocycles. The number of benzene rings is 1. The molecular formula is C32H48N4O5Si. The van der Waals surface area contributed by atoms with Gasteiger partial charge in [-0.25, -0.2) is 4.79 Å². The maximum absolute atomic E-state index is 12.0. The van der Waals surface area contributed by atoms with Crippen molar-refractivity contribution < 1.29 is 24.1 Å². The van der Waals surface area contributed by atoms with Crippen LogP contribution in [0.4, 0.5) is 4.79 Å². The number of likely N-dealkylation sites (tertiary alicyclic amines) is 1. The molecule has 10 heteroatoms. The van der Waals surface area contributed by atoms with Crippen LogP contribution < -0.4 is 9.47 Å². The number of aryl methyl sites for hydroxylation is 1. The van der Waals surface area contributed by atoms with E-state index >= 15 is 0 Å². The van der Waals surface area contributed by atoms with Crippen LogP contribution >= 0.6 is 0 Å². The second-order valence-corrected chi connectivity index (χ2v) is 19.2. The lowest BCUT2D eigenvalue weighted by Gasteiger charge is -2.44. The molecule has 230 valence electrons. The average Bonchev–Trinajstić information content (AvgIpc) is 3.26. The maximum Gasteiger partial charge on any atom is 0.407 e. The molecule has 1 N–H and O–H groups in total. The van der Waals surface area contributed by atoms with Gasteiger partial charge in [-0.15, -0.1) is 5.10 Å². The Morgan fingerprint density at radius 1 is 1.10 bits per heavy atom. The van der Waals surface area contributed by atoms with Gasteiger partial charge >= 0.3 is 6.09 Å². The van der Waals surface area contributed by atoms with Gasteiger partial charge in [0.1, 0.15) is 6.73 Å². The zero-order chi connectivity index (χ0) is 30.8. The van der Waals surface area contributed by atoms with Crippen LogP contribution in [0, 0.1) is 5.41 Å². The fourth-order valence-corrected chi connectivity index (χ4v) is 6.79. The van der Waals surface area contributed by atoms with E-state index in [2.05, 4.69) is 64.0 Å². The zero-order valence-electron chi connectivity index (χ0n) is 26.8. The molecule has 1 aromatic carbocycles. The minimum atomic E-state index is -1.24. The lowest BCUT2D eigenvalue weighted by molar-refractivity contribution is 0.0520. The number of aromatic nitrogens is 3. The van der Waals surface area contributed by atoms with Crippen molar-refractivity contribution in [3.63, 3.8) is 0 Å². The molecule has 9 nitrogen and oxygen atoms in total.